The van der Waals surface area contributed by atoms with Crippen LogP contribution in [0.15, 0.2) is 322 Å². The molecule has 2 aromatic heterocycles. The summed E-state index contributed by atoms with van der Waals surface area (Å²) in [6.45, 7) is 2.21. The Hall–Kier alpha value is -11.5. The number of benzene rings is 15. The molecule has 4 nitrogen and oxygen atoms in total. The predicted octanol–water partition coefficient (Wildman–Crippen LogP) is 23.1. The van der Waals surface area contributed by atoms with E-state index >= 15 is 0 Å². The minimum Gasteiger partial charge on any atom is -0.310 e. The van der Waals surface area contributed by atoms with E-state index in [1.807, 2.05) is 0 Å². The first-order chi connectivity index (χ1) is 43.1. The number of anilines is 6. The number of nitrogens with zero attached hydrogens (tertiary/aromatic N) is 4. The number of hydrogen-bond acceptors (Lipinski definition) is 2. The highest BCUT2D eigenvalue weighted by molar-refractivity contribution is 6.22. The number of aryl methyl sites for hydroxylation is 1. The Morgan fingerprint density at radius 3 is 1.03 bits per heavy atom. The number of para-hydroxylation sites is 4. The standard InChI is InChI=1S/C83H56N4/c1-55-38-49-72-75(52-55)83(59-41-45-63(46-42-59)85(61-26-6-3-7-27-61)65-48-51-81-74(54-65)69-31-15-17-35-79(69)87(81)77-37-19-23-57-21-9-11-29-67(57)77)71-33-13-12-32-70(71)82(72)58-39-43-62(44-40-58)84(60-24-4-2-5-25-60)64-47-50-80-73(53-64)68-30-14-16-34-78(68)86(80)76-36-18-22-56-20-8-10-28-66(56)76/h2-54H,1H3. The van der Waals surface area contributed by atoms with Gasteiger partial charge in [0.05, 0.1) is 33.4 Å². The quantitative estimate of drug-likeness (QED) is 0.127. The van der Waals surface area contributed by atoms with Crippen LogP contribution in [-0.4, -0.2) is 9.13 Å². The Labute approximate surface area is 504 Å². The highest BCUT2D eigenvalue weighted by atomic mass is 15.1. The van der Waals surface area contributed by atoms with E-state index in [1.165, 1.54) is 126 Å². The fraction of sp³-hybridized carbons (Fsp3) is 0.0120. The normalized spacial score (nSPS) is 11.7. The number of hydrogen-bond donors (Lipinski definition) is 0. The molecule has 0 saturated carbocycles. The van der Waals surface area contributed by atoms with Crippen LogP contribution in [0.1, 0.15) is 5.56 Å². The van der Waals surface area contributed by atoms with E-state index in [9.17, 15) is 0 Å². The lowest BCUT2D eigenvalue weighted by molar-refractivity contribution is 1.20. The van der Waals surface area contributed by atoms with E-state index in [0.29, 0.717) is 0 Å². The van der Waals surface area contributed by atoms with Crippen molar-refractivity contribution in [1.82, 2.24) is 9.13 Å². The van der Waals surface area contributed by atoms with E-state index < -0.39 is 0 Å². The summed E-state index contributed by atoms with van der Waals surface area (Å²) in [6, 6.07) is 118. The van der Waals surface area contributed by atoms with E-state index in [4.69, 9.17) is 0 Å². The van der Waals surface area contributed by atoms with Crippen molar-refractivity contribution in [3.05, 3.63) is 327 Å². The molecule has 0 aliphatic heterocycles. The van der Waals surface area contributed by atoms with Crippen molar-refractivity contribution < 1.29 is 0 Å². The van der Waals surface area contributed by atoms with Gasteiger partial charge in [0.25, 0.3) is 0 Å². The van der Waals surface area contributed by atoms with Crippen molar-refractivity contribution in [2.24, 2.45) is 0 Å². The summed E-state index contributed by atoms with van der Waals surface area (Å²) in [5, 5.41) is 14.7. The molecule has 17 rings (SSSR count). The van der Waals surface area contributed by atoms with Crippen LogP contribution < -0.4 is 9.80 Å². The molecule has 0 atom stereocenters. The number of rotatable bonds is 10. The molecule has 0 saturated heterocycles. The molecular weight excluding hydrogens is 1050 g/mol. The molecule has 0 aliphatic rings. The maximum Gasteiger partial charge on any atom is 0.0542 e. The van der Waals surface area contributed by atoms with Crippen LogP contribution in [0.5, 0.6) is 0 Å². The largest absolute Gasteiger partial charge is 0.310 e. The van der Waals surface area contributed by atoms with Crippen LogP contribution in [0, 0.1) is 6.92 Å². The second-order valence-electron chi connectivity index (χ2n) is 22.9. The zero-order valence-corrected chi connectivity index (χ0v) is 47.9. The van der Waals surface area contributed by atoms with Gasteiger partial charge < -0.3 is 18.9 Å². The molecule has 0 spiro atoms. The van der Waals surface area contributed by atoms with Gasteiger partial charge in [0, 0.05) is 66.4 Å². The molecule has 0 amide bonds. The fourth-order valence-corrected chi connectivity index (χ4v) is 14.0. The summed E-state index contributed by atoms with van der Waals surface area (Å²) in [4.78, 5) is 4.78. The zero-order chi connectivity index (χ0) is 57.5. The first-order valence-electron chi connectivity index (χ1n) is 30.0. The van der Waals surface area contributed by atoms with Crippen molar-refractivity contribution in [1.29, 1.82) is 0 Å². The number of aromatic nitrogens is 2. The predicted molar refractivity (Wildman–Crippen MR) is 370 cm³/mol. The van der Waals surface area contributed by atoms with Gasteiger partial charge in [0.2, 0.25) is 0 Å². The van der Waals surface area contributed by atoms with E-state index in [0.717, 1.165) is 34.1 Å². The molecule has 0 fully saturated rings. The molecule has 0 bridgehead atoms. The van der Waals surface area contributed by atoms with Crippen molar-refractivity contribution in [3.8, 4) is 33.6 Å². The highest BCUT2D eigenvalue weighted by Gasteiger charge is 2.23. The number of fused-ring (bicyclic) bond motifs is 10. The summed E-state index contributed by atoms with van der Waals surface area (Å²) >= 11 is 0. The van der Waals surface area contributed by atoms with Crippen LogP contribution in [0.2, 0.25) is 0 Å². The molecule has 87 heavy (non-hydrogen) atoms. The first-order valence-corrected chi connectivity index (χ1v) is 30.0. The molecule has 2 heterocycles. The highest BCUT2D eigenvalue weighted by Crippen LogP contribution is 2.48. The fourth-order valence-electron chi connectivity index (χ4n) is 14.0. The molecule has 0 N–H and O–H groups in total. The third kappa shape index (κ3) is 8.21. The average Bonchev–Trinajstić information content (AvgIpc) is 3.32. The van der Waals surface area contributed by atoms with Gasteiger partial charge in [-0.15, -0.1) is 0 Å². The topological polar surface area (TPSA) is 16.3 Å². The lowest BCUT2D eigenvalue weighted by Crippen LogP contribution is -2.09. The first kappa shape index (κ1) is 50.1. The Morgan fingerprint density at radius 1 is 0.218 bits per heavy atom. The maximum atomic E-state index is 2.44. The van der Waals surface area contributed by atoms with E-state index in [-0.39, 0.29) is 0 Å². The Bertz CT molecular complexity index is 5510. The van der Waals surface area contributed by atoms with Gasteiger partial charge in [0.1, 0.15) is 0 Å². The summed E-state index contributed by atoms with van der Waals surface area (Å²) < 4.78 is 4.87. The third-order valence-corrected chi connectivity index (χ3v) is 17.9. The summed E-state index contributed by atoms with van der Waals surface area (Å²) in [5.41, 5.74) is 19.7. The summed E-state index contributed by atoms with van der Waals surface area (Å²) in [6.07, 6.45) is 0. The van der Waals surface area contributed by atoms with Gasteiger partial charge in [-0.1, -0.05) is 218 Å². The molecule has 4 heteroatoms. The van der Waals surface area contributed by atoms with Crippen LogP contribution in [0.25, 0.3) is 120 Å². The minimum absolute atomic E-state index is 1.08. The molecule has 408 valence electrons. The van der Waals surface area contributed by atoms with Crippen molar-refractivity contribution in [3.63, 3.8) is 0 Å². The van der Waals surface area contributed by atoms with Gasteiger partial charge in [-0.25, -0.2) is 0 Å². The Morgan fingerprint density at radius 2 is 0.563 bits per heavy atom. The van der Waals surface area contributed by atoms with E-state index in [2.05, 4.69) is 347 Å². The van der Waals surface area contributed by atoms with Crippen LogP contribution in [-0.2, 0) is 0 Å². The Kier molecular flexibility index (Phi) is 11.8. The van der Waals surface area contributed by atoms with Crippen LogP contribution in [0.3, 0.4) is 0 Å². The summed E-state index contributed by atoms with van der Waals surface area (Å²) in [7, 11) is 0. The van der Waals surface area contributed by atoms with Crippen LogP contribution in [0.4, 0.5) is 34.1 Å². The monoisotopic (exact) mass is 1110 g/mol. The SMILES string of the molecule is Cc1ccc2c(-c3ccc(N(c4ccccc4)c4ccc5c(c4)c4ccccc4n5-c4cccc5ccccc45)cc3)c3ccccc3c(-c3ccc(N(c4ccccc4)c4ccc5c(c4)c4ccccc4n5-c4cccc5ccccc45)cc3)c2c1. The average molecular weight is 1110 g/mol. The molecule has 17 aromatic rings. The van der Waals surface area contributed by atoms with Crippen molar-refractivity contribution >= 4 is 121 Å². The second kappa shape index (κ2) is 20.4. The third-order valence-electron chi connectivity index (χ3n) is 17.9. The van der Waals surface area contributed by atoms with Gasteiger partial charge in [-0.2, -0.15) is 0 Å². The Balaban J connectivity index is 0.764. The maximum absolute atomic E-state index is 2.44. The summed E-state index contributed by atoms with van der Waals surface area (Å²) in [5.74, 6) is 0. The molecule has 0 unspecified atom stereocenters. The van der Waals surface area contributed by atoms with E-state index in [1.54, 1.807) is 0 Å². The smallest absolute Gasteiger partial charge is 0.0542 e. The molecule has 0 aliphatic carbocycles. The van der Waals surface area contributed by atoms with Crippen LogP contribution >= 0.6 is 0 Å². The lowest BCUT2D eigenvalue weighted by atomic mass is 9.85. The van der Waals surface area contributed by atoms with Gasteiger partial charge >= 0.3 is 0 Å². The van der Waals surface area contributed by atoms with Gasteiger partial charge in [-0.05, 0) is 171 Å². The lowest BCUT2D eigenvalue weighted by Gasteiger charge is -2.26. The minimum atomic E-state index is 1.08. The molecular formula is C83H56N4. The van der Waals surface area contributed by atoms with Gasteiger partial charge in [0.15, 0.2) is 0 Å². The second-order valence-corrected chi connectivity index (χ2v) is 22.9. The molecule has 0 radical (unpaired) electrons. The van der Waals surface area contributed by atoms with Crippen molar-refractivity contribution in [2.75, 3.05) is 9.80 Å². The molecule has 15 aromatic carbocycles. The zero-order valence-electron chi connectivity index (χ0n) is 47.9. The van der Waals surface area contributed by atoms with Gasteiger partial charge in [-0.3, -0.25) is 0 Å². The van der Waals surface area contributed by atoms with Crippen molar-refractivity contribution in [2.45, 2.75) is 6.92 Å².